The molecule has 6 nitrogen and oxygen atoms in total. The topological polar surface area (TPSA) is 79.5 Å². The van der Waals surface area contributed by atoms with Crippen LogP contribution in [0.4, 0.5) is 4.39 Å². The van der Waals surface area contributed by atoms with Gasteiger partial charge in [-0.05, 0) is 53.1 Å². The molecule has 7 rings (SSSR count). The molecule has 0 saturated carbocycles. The Morgan fingerprint density at radius 1 is 0.744 bits per heavy atom. The molecule has 2 N–H and O–H groups in total. The van der Waals surface area contributed by atoms with Crippen molar-refractivity contribution in [3.8, 4) is 39.4 Å². The summed E-state index contributed by atoms with van der Waals surface area (Å²) in [6.07, 6.45) is 5.32. The van der Waals surface area contributed by atoms with Gasteiger partial charge in [0.1, 0.15) is 23.9 Å². The number of fused-ring (bicyclic) bond motifs is 2. The highest BCUT2D eigenvalue weighted by atomic mass is 19.1. The molecule has 0 fully saturated rings. The number of benzene rings is 3. The second-order valence-corrected chi connectivity index (χ2v) is 9.33. The van der Waals surface area contributed by atoms with Gasteiger partial charge in [-0.25, -0.2) is 9.37 Å². The highest BCUT2D eigenvalue weighted by Gasteiger charge is 2.15. The minimum Gasteiger partial charge on any atom is -0.487 e. The number of aromatic amines is 2. The Labute approximate surface area is 223 Å². The van der Waals surface area contributed by atoms with Crippen LogP contribution in [0.15, 0.2) is 110 Å². The van der Waals surface area contributed by atoms with E-state index in [0.717, 1.165) is 55.5 Å². The predicted octanol–water partition coefficient (Wildman–Crippen LogP) is 7.55. The van der Waals surface area contributed by atoms with Crippen molar-refractivity contribution in [1.82, 2.24) is 25.1 Å². The number of pyridine rings is 2. The Hall–Kier alpha value is -5.30. The molecule has 0 unspecified atom stereocenters. The maximum absolute atomic E-state index is 13.5. The van der Waals surface area contributed by atoms with E-state index in [2.05, 4.69) is 37.3 Å². The summed E-state index contributed by atoms with van der Waals surface area (Å²) in [6.45, 7) is 0.468. The van der Waals surface area contributed by atoms with Gasteiger partial charge in [-0.3, -0.25) is 10.1 Å². The number of aromatic nitrogens is 5. The van der Waals surface area contributed by atoms with Gasteiger partial charge in [0.2, 0.25) is 0 Å². The molecule has 188 valence electrons. The lowest BCUT2D eigenvalue weighted by molar-refractivity contribution is 0.305. The summed E-state index contributed by atoms with van der Waals surface area (Å²) in [5.41, 5.74) is 8.17. The summed E-state index contributed by atoms with van der Waals surface area (Å²) in [4.78, 5) is 12.5. The summed E-state index contributed by atoms with van der Waals surface area (Å²) >= 11 is 0. The minimum absolute atomic E-state index is 0.254. The normalized spacial score (nSPS) is 11.3. The lowest BCUT2D eigenvalue weighted by Gasteiger charge is -2.08. The molecule has 0 radical (unpaired) electrons. The van der Waals surface area contributed by atoms with Gasteiger partial charge < -0.3 is 9.72 Å². The molecular weight excluding hydrogens is 489 g/mol. The van der Waals surface area contributed by atoms with Gasteiger partial charge in [-0.15, -0.1) is 0 Å². The smallest absolute Gasteiger partial charge is 0.155 e. The molecule has 0 spiro atoms. The van der Waals surface area contributed by atoms with Crippen LogP contribution in [-0.2, 0) is 6.61 Å². The third-order valence-corrected chi connectivity index (χ3v) is 6.79. The van der Waals surface area contributed by atoms with Gasteiger partial charge >= 0.3 is 0 Å². The summed E-state index contributed by atoms with van der Waals surface area (Å²) in [5.74, 6) is 0.434. The molecule has 7 heteroatoms. The van der Waals surface area contributed by atoms with E-state index in [0.29, 0.717) is 18.0 Å². The van der Waals surface area contributed by atoms with Crippen molar-refractivity contribution in [2.75, 3.05) is 0 Å². The Bertz CT molecular complexity index is 1930. The molecule has 7 aromatic rings. The first-order valence-corrected chi connectivity index (χ1v) is 12.6. The second kappa shape index (κ2) is 9.54. The molecule has 0 atom stereocenters. The maximum Gasteiger partial charge on any atom is 0.155 e. The number of H-pyrrole nitrogens is 2. The zero-order chi connectivity index (χ0) is 26.2. The number of nitrogens with one attached hydrogen (secondary N) is 2. The molecule has 0 saturated heterocycles. The zero-order valence-electron chi connectivity index (χ0n) is 20.7. The first-order chi connectivity index (χ1) is 19.2. The van der Waals surface area contributed by atoms with Crippen molar-refractivity contribution < 1.29 is 9.13 Å². The van der Waals surface area contributed by atoms with Crippen LogP contribution in [0.1, 0.15) is 5.56 Å². The fourth-order valence-corrected chi connectivity index (χ4v) is 4.83. The van der Waals surface area contributed by atoms with E-state index < -0.39 is 0 Å². The quantitative estimate of drug-likeness (QED) is 0.242. The standard InChI is InChI=1S/C32H22FN5O/c33-24-11-9-21(10-12-24)26-7-4-8-29-27(26)15-30(36-29)31-28-14-23(17-35-32(28)38-37-31)22-13-25(18-34-16-22)39-19-20-5-2-1-3-6-20/h1-18,36H,19H2,(H,35,37,38). The van der Waals surface area contributed by atoms with Crippen LogP contribution in [0.3, 0.4) is 0 Å². The van der Waals surface area contributed by atoms with E-state index in [1.165, 1.54) is 12.1 Å². The molecule has 0 aliphatic heterocycles. The zero-order valence-corrected chi connectivity index (χ0v) is 20.7. The van der Waals surface area contributed by atoms with E-state index in [-0.39, 0.29) is 5.82 Å². The number of halogens is 1. The largest absolute Gasteiger partial charge is 0.487 e. The summed E-state index contributed by atoms with van der Waals surface area (Å²) in [7, 11) is 0. The van der Waals surface area contributed by atoms with Crippen molar-refractivity contribution in [3.05, 3.63) is 121 Å². The Kier molecular flexibility index (Phi) is 5.59. The van der Waals surface area contributed by atoms with Crippen LogP contribution in [-0.4, -0.2) is 25.1 Å². The minimum atomic E-state index is -0.254. The molecule has 0 bridgehead atoms. The molecular formula is C32H22FN5O. The van der Waals surface area contributed by atoms with E-state index in [9.17, 15) is 4.39 Å². The average Bonchev–Trinajstić information content (AvgIpc) is 3.61. The summed E-state index contributed by atoms with van der Waals surface area (Å²) in [5, 5.41) is 9.55. The monoisotopic (exact) mass is 511 g/mol. The predicted molar refractivity (Wildman–Crippen MR) is 151 cm³/mol. The number of ether oxygens (including phenoxy) is 1. The first-order valence-electron chi connectivity index (χ1n) is 12.6. The van der Waals surface area contributed by atoms with Crippen LogP contribution in [0.5, 0.6) is 5.75 Å². The number of hydrogen-bond acceptors (Lipinski definition) is 4. The number of hydrogen-bond donors (Lipinski definition) is 2. The van der Waals surface area contributed by atoms with Crippen molar-refractivity contribution in [2.24, 2.45) is 0 Å². The maximum atomic E-state index is 13.5. The van der Waals surface area contributed by atoms with Crippen LogP contribution in [0, 0.1) is 5.82 Å². The first kappa shape index (κ1) is 22.9. The molecule has 4 aromatic heterocycles. The highest BCUT2D eigenvalue weighted by Crippen LogP contribution is 2.35. The highest BCUT2D eigenvalue weighted by molar-refractivity contribution is 6.01. The lowest BCUT2D eigenvalue weighted by Crippen LogP contribution is -1.96. The van der Waals surface area contributed by atoms with Crippen molar-refractivity contribution in [2.45, 2.75) is 6.61 Å². The summed E-state index contributed by atoms with van der Waals surface area (Å²) < 4.78 is 19.5. The molecule has 4 heterocycles. The van der Waals surface area contributed by atoms with Crippen molar-refractivity contribution in [3.63, 3.8) is 0 Å². The average molecular weight is 512 g/mol. The van der Waals surface area contributed by atoms with E-state index >= 15 is 0 Å². The van der Waals surface area contributed by atoms with Crippen LogP contribution < -0.4 is 4.74 Å². The van der Waals surface area contributed by atoms with Gasteiger partial charge in [0.15, 0.2) is 5.65 Å². The van der Waals surface area contributed by atoms with E-state index in [4.69, 9.17) is 4.74 Å². The third-order valence-electron chi connectivity index (χ3n) is 6.79. The second-order valence-electron chi connectivity index (χ2n) is 9.33. The van der Waals surface area contributed by atoms with Crippen LogP contribution in [0.2, 0.25) is 0 Å². The third kappa shape index (κ3) is 4.40. The SMILES string of the molecule is Fc1ccc(-c2cccc3[nH]c(-c4n[nH]c5ncc(-c6cncc(OCc7ccccc7)c6)cc45)cc23)cc1. The number of rotatable bonds is 6. The van der Waals surface area contributed by atoms with Gasteiger partial charge in [0.25, 0.3) is 0 Å². The van der Waals surface area contributed by atoms with Gasteiger partial charge in [-0.1, -0.05) is 54.6 Å². The van der Waals surface area contributed by atoms with Gasteiger partial charge in [0, 0.05) is 39.8 Å². The van der Waals surface area contributed by atoms with Crippen molar-refractivity contribution in [1.29, 1.82) is 0 Å². The van der Waals surface area contributed by atoms with Crippen molar-refractivity contribution >= 4 is 21.9 Å². The van der Waals surface area contributed by atoms with Gasteiger partial charge in [0.05, 0.1) is 11.9 Å². The molecule has 3 aromatic carbocycles. The van der Waals surface area contributed by atoms with Gasteiger partial charge in [-0.2, -0.15) is 5.10 Å². The Morgan fingerprint density at radius 3 is 2.46 bits per heavy atom. The van der Waals surface area contributed by atoms with E-state index in [1.54, 1.807) is 30.7 Å². The fourth-order valence-electron chi connectivity index (χ4n) is 4.83. The number of nitrogens with zero attached hydrogens (tertiary/aromatic N) is 3. The Balaban J connectivity index is 1.24. The van der Waals surface area contributed by atoms with Crippen LogP contribution in [0.25, 0.3) is 55.6 Å². The fraction of sp³-hybridized carbons (Fsp3) is 0.0312. The molecule has 0 amide bonds. The summed E-state index contributed by atoms with van der Waals surface area (Å²) in [6, 6.07) is 28.7. The lowest BCUT2D eigenvalue weighted by atomic mass is 10.0. The molecule has 0 aliphatic rings. The molecule has 0 aliphatic carbocycles. The Morgan fingerprint density at radius 2 is 1.59 bits per heavy atom. The molecule has 39 heavy (non-hydrogen) atoms. The van der Waals surface area contributed by atoms with E-state index in [1.807, 2.05) is 54.6 Å². The van der Waals surface area contributed by atoms with Crippen LogP contribution >= 0.6 is 0 Å².